The smallest absolute Gasteiger partial charge is 0.406 e. The minimum absolute atomic E-state index is 0.0489. The van der Waals surface area contributed by atoms with Gasteiger partial charge in [-0.05, 0) is 30.0 Å². The lowest BCUT2D eigenvalue weighted by Crippen LogP contribution is -2.17. The SMILES string of the molecule is O=S1(=O)CCC(C(Br)c2cccc(OC(F)(F)F)c2)C1. The lowest BCUT2D eigenvalue weighted by atomic mass is 9.99. The largest absolute Gasteiger partial charge is 0.573 e. The van der Waals surface area contributed by atoms with Crippen LogP contribution in [-0.2, 0) is 9.84 Å². The maximum atomic E-state index is 12.2. The fourth-order valence-electron chi connectivity index (χ4n) is 2.21. The van der Waals surface area contributed by atoms with E-state index in [1.807, 2.05) is 0 Å². The number of hydrogen-bond donors (Lipinski definition) is 0. The molecule has 1 saturated heterocycles. The van der Waals surface area contributed by atoms with Crippen LogP contribution in [0.1, 0.15) is 16.8 Å². The molecule has 20 heavy (non-hydrogen) atoms. The van der Waals surface area contributed by atoms with Gasteiger partial charge in [0.05, 0.1) is 11.5 Å². The van der Waals surface area contributed by atoms with Crippen LogP contribution >= 0.6 is 15.9 Å². The van der Waals surface area contributed by atoms with Crippen LogP contribution in [0.4, 0.5) is 13.2 Å². The predicted molar refractivity (Wildman–Crippen MR) is 71.6 cm³/mol. The summed E-state index contributed by atoms with van der Waals surface area (Å²) in [5.41, 5.74) is 0.578. The molecule has 1 heterocycles. The van der Waals surface area contributed by atoms with E-state index >= 15 is 0 Å². The Morgan fingerprint density at radius 3 is 2.60 bits per heavy atom. The Labute approximate surface area is 123 Å². The van der Waals surface area contributed by atoms with E-state index in [9.17, 15) is 21.6 Å². The molecular weight excluding hydrogens is 361 g/mol. The Morgan fingerprint density at radius 1 is 1.35 bits per heavy atom. The van der Waals surface area contributed by atoms with Crippen LogP contribution in [0.15, 0.2) is 24.3 Å². The minimum atomic E-state index is -4.74. The molecule has 2 rings (SSSR count). The summed E-state index contributed by atoms with van der Waals surface area (Å²) >= 11 is 3.38. The Bertz CT molecular complexity index is 586. The van der Waals surface area contributed by atoms with Crippen LogP contribution in [0.5, 0.6) is 5.75 Å². The zero-order valence-electron chi connectivity index (χ0n) is 10.2. The molecule has 1 fully saturated rings. The summed E-state index contributed by atoms with van der Waals surface area (Å²) in [6.07, 6.45) is -4.24. The number of sulfone groups is 1. The fraction of sp³-hybridized carbons (Fsp3) is 0.500. The van der Waals surface area contributed by atoms with Crippen molar-refractivity contribution in [1.82, 2.24) is 0 Å². The van der Waals surface area contributed by atoms with Gasteiger partial charge in [0.25, 0.3) is 0 Å². The van der Waals surface area contributed by atoms with Gasteiger partial charge in [0.15, 0.2) is 9.84 Å². The summed E-state index contributed by atoms with van der Waals surface area (Å²) in [5.74, 6) is -0.271. The van der Waals surface area contributed by atoms with Gasteiger partial charge in [0.2, 0.25) is 0 Å². The fourth-order valence-corrected chi connectivity index (χ4v) is 5.03. The summed E-state index contributed by atoms with van der Waals surface area (Å²) < 4.78 is 63.2. The van der Waals surface area contributed by atoms with Crippen LogP contribution in [0.3, 0.4) is 0 Å². The highest BCUT2D eigenvalue weighted by atomic mass is 79.9. The second kappa shape index (κ2) is 5.55. The van der Waals surface area contributed by atoms with Gasteiger partial charge in [-0.2, -0.15) is 0 Å². The van der Waals surface area contributed by atoms with Crippen LogP contribution in [0.25, 0.3) is 0 Å². The first-order valence-electron chi connectivity index (χ1n) is 5.86. The van der Waals surface area contributed by atoms with Gasteiger partial charge in [-0.25, -0.2) is 8.42 Å². The molecule has 1 aliphatic rings. The van der Waals surface area contributed by atoms with Crippen molar-refractivity contribution in [2.45, 2.75) is 17.6 Å². The van der Waals surface area contributed by atoms with Crippen molar-refractivity contribution in [2.75, 3.05) is 11.5 Å². The lowest BCUT2D eigenvalue weighted by molar-refractivity contribution is -0.274. The van der Waals surface area contributed by atoms with E-state index in [0.29, 0.717) is 12.0 Å². The monoisotopic (exact) mass is 372 g/mol. The van der Waals surface area contributed by atoms with Crippen molar-refractivity contribution in [2.24, 2.45) is 5.92 Å². The van der Waals surface area contributed by atoms with Crippen molar-refractivity contribution in [3.05, 3.63) is 29.8 Å². The average molecular weight is 373 g/mol. The van der Waals surface area contributed by atoms with Crippen molar-refractivity contribution in [1.29, 1.82) is 0 Å². The lowest BCUT2D eigenvalue weighted by Gasteiger charge is -2.17. The van der Waals surface area contributed by atoms with Crippen LogP contribution < -0.4 is 4.74 Å². The van der Waals surface area contributed by atoms with Crippen molar-refractivity contribution in [3.63, 3.8) is 0 Å². The molecule has 8 heteroatoms. The van der Waals surface area contributed by atoms with E-state index < -0.39 is 16.2 Å². The molecule has 1 aliphatic heterocycles. The van der Waals surface area contributed by atoms with Crippen LogP contribution in [0.2, 0.25) is 0 Å². The number of halogens is 4. The van der Waals surface area contributed by atoms with Gasteiger partial charge in [-0.3, -0.25) is 0 Å². The molecular formula is C12H12BrF3O3S. The zero-order chi connectivity index (χ0) is 15.0. The summed E-state index contributed by atoms with van der Waals surface area (Å²) in [6, 6.07) is 5.58. The number of rotatable bonds is 3. The molecule has 1 aromatic rings. The van der Waals surface area contributed by atoms with Crippen LogP contribution in [-0.4, -0.2) is 26.3 Å². The van der Waals surface area contributed by atoms with Gasteiger partial charge in [0, 0.05) is 4.83 Å². The Kier molecular flexibility index (Phi) is 4.34. The first-order valence-corrected chi connectivity index (χ1v) is 8.60. The number of benzene rings is 1. The molecule has 0 spiro atoms. The third kappa shape index (κ3) is 4.12. The average Bonchev–Trinajstić information content (AvgIpc) is 2.67. The third-order valence-corrected chi connectivity index (χ3v) is 6.16. The second-order valence-electron chi connectivity index (χ2n) is 4.69. The van der Waals surface area contributed by atoms with E-state index in [2.05, 4.69) is 20.7 Å². The molecule has 0 amide bonds. The standard InChI is InChI=1S/C12H12BrF3O3S/c13-11(9-4-5-20(17,18)7-9)8-2-1-3-10(6-8)19-12(14,15)16/h1-3,6,9,11H,4-5,7H2. The van der Waals surface area contributed by atoms with E-state index in [1.54, 1.807) is 6.07 Å². The summed E-state index contributed by atoms with van der Waals surface area (Å²) in [7, 11) is -3.03. The summed E-state index contributed by atoms with van der Waals surface area (Å²) in [6.45, 7) is 0. The Hall–Kier alpha value is -0.760. The first kappa shape index (κ1) is 15.6. The van der Waals surface area contributed by atoms with E-state index in [-0.39, 0.29) is 28.0 Å². The Morgan fingerprint density at radius 2 is 2.05 bits per heavy atom. The summed E-state index contributed by atoms with van der Waals surface area (Å²) in [5, 5.41) is 0. The van der Waals surface area contributed by atoms with E-state index in [4.69, 9.17) is 0 Å². The molecule has 2 atom stereocenters. The highest BCUT2D eigenvalue weighted by Crippen LogP contribution is 2.39. The highest BCUT2D eigenvalue weighted by Gasteiger charge is 2.34. The zero-order valence-corrected chi connectivity index (χ0v) is 12.6. The van der Waals surface area contributed by atoms with Gasteiger partial charge in [-0.15, -0.1) is 13.2 Å². The third-order valence-electron chi connectivity index (χ3n) is 3.09. The number of ether oxygens (including phenoxy) is 1. The van der Waals surface area contributed by atoms with Crippen molar-refractivity contribution >= 4 is 25.8 Å². The molecule has 112 valence electrons. The molecule has 0 aromatic heterocycles. The number of alkyl halides is 4. The van der Waals surface area contributed by atoms with Crippen molar-refractivity contribution in [3.8, 4) is 5.75 Å². The van der Waals surface area contributed by atoms with Gasteiger partial charge in [-0.1, -0.05) is 28.1 Å². The molecule has 0 N–H and O–H groups in total. The molecule has 0 aliphatic carbocycles. The molecule has 3 nitrogen and oxygen atoms in total. The predicted octanol–water partition coefficient (Wildman–Crippen LogP) is 3.46. The molecule has 0 bridgehead atoms. The molecule has 2 unspecified atom stereocenters. The van der Waals surface area contributed by atoms with Gasteiger partial charge in [0.1, 0.15) is 5.75 Å². The normalized spacial score (nSPS) is 23.5. The maximum absolute atomic E-state index is 12.2. The minimum Gasteiger partial charge on any atom is -0.406 e. The molecule has 0 radical (unpaired) electrons. The quantitative estimate of drug-likeness (QED) is 0.763. The van der Waals surface area contributed by atoms with Gasteiger partial charge < -0.3 is 4.74 Å². The van der Waals surface area contributed by atoms with Crippen molar-refractivity contribution < 1.29 is 26.3 Å². The van der Waals surface area contributed by atoms with Gasteiger partial charge >= 0.3 is 6.36 Å². The maximum Gasteiger partial charge on any atom is 0.573 e. The molecule has 1 aromatic carbocycles. The van der Waals surface area contributed by atoms with E-state index in [0.717, 1.165) is 0 Å². The second-order valence-corrected chi connectivity index (χ2v) is 7.90. The van der Waals surface area contributed by atoms with Crippen LogP contribution in [0, 0.1) is 5.92 Å². The first-order chi connectivity index (χ1) is 9.16. The topological polar surface area (TPSA) is 43.4 Å². The summed E-state index contributed by atoms with van der Waals surface area (Å²) in [4.78, 5) is -0.309. The molecule has 0 saturated carbocycles. The Balaban J connectivity index is 2.15. The highest BCUT2D eigenvalue weighted by molar-refractivity contribution is 9.09. The number of hydrogen-bond acceptors (Lipinski definition) is 3. The van der Waals surface area contributed by atoms with E-state index in [1.165, 1.54) is 18.2 Å².